The Kier molecular flexibility index (Phi) is 5.76. The summed E-state index contributed by atoms with van der Waals surface area (Å²) in [6, 6.07) is 12.4. The van der Waals surface area contributed by atoms with Gasteiger partial charge in [-0.1, -0.05) is 53.0 Å². The third-order valence-electron chi connectivity index (χ3n) is 3.25. The number of nitrogens with zero attached hydrogens (tertiary/aromatic N) is 1. The van der Waals surface area contributed by atoms with Gasteiger partial charge in [-0.25, -0.2) is 4.98 Å². The molecule has 0 bridgehead atoms. The van der Waals surface area contributed by atoms with Crippen molar-refractivity contribution in [3.63, 3.8) is 0 Å². The van der Waals surface area contributed by atoms with Crippen LogP contribution in [0.15, 0.2) is 53.9 Å². The van der Waals surface area contributed by atoms with Crippen LogP contribution in [0.4, 0.5) is 5.13 Å². The predicted molar refractivity (Wildman–Crippen MR) is 107 cm³/mol. The molecule has 1 aromatic heterocycles. The summed E-state index contributed by atoms with van der Waals surface area (Å²) in [6.07, 6.45) is 3.03. The van der Waals surface area contributed by atoms with Crippen LogP contribution in [0.5, 0.6) is 0 Å². The second-order valence-electron chi connectivity index (χ2n) is 5.03. The first kappa shape index (κ1) is 18.0. The van der Waals surface area contributed by atoms with Crippen LogP contribution < -0.4 is 5.32 Å². The smallest absolute Gasteiger partial charge is 0.250 e. The van der Waals surface area contributed by atoms with Crippen molar-refractivity contribution in [2.24, 2.45) is 0 Å². The largest absolute Gasteiger partial charge is 0.298 e. The van der Waals surface area contributed by atoms with E-state index in [4.69, 9.17) is 34.8 Å². The molecule has 3 rings (SSSR count). The van der Waals surface area contributed by atoms with Crippen LogP contribution in [0.25, 0.3) is 17.3 Å². The second-order valence-corrected chi connectivity index (χ2v) is 7.17. The summed E-state index contributed by atoms with van der Waals surface area (Å²) in [5, 5.41) is 6.81. The monoisotopic (exact) mass is 408 g/mol. The molecular weight excluding hydrogens is 399 g/mol. The van der Waals surface area contributed by atoms with Crippen molar-refractivity contribution < 1.29 is 4.79 Å². The van der Waals surface area contributed by atoms with E-state index >= 15 is 0 Å². The van der Waals surface area contributed by atoms with Crippen LogP contribution in [0.3, 0.4) is 0 Å². The quantitative estimate of drug-likeness (QED) is 0.505. The molecule has 0 fully saturated rings. The molecule has 0 spiro atoms. The van der Waals surface area contributed by atoms with Gasteiger partial charge in [0.25, 0.3) is 0 Å². The fourth-order valence-corrected chi connectivity index (χ4v) is 3.35. The Morgan fingerprint density at radius 1 is 1.04 bits per heavy atom. The van der Waals surface area contributed by atoms with Crippen LogP contribution >= 0.6 is 46.1 Å². The standard InChI is InChI=1S/C18H11Cl3N2OS/c19-13-5-2-12(3-6-13)16-10-25-18(22-16)23-17(24)8-4-11-1-7-14(20)9-15(11)21/h1-10H,(H,22,23,24). The van der Waals surface area contributed by atoms with E-state index in [0.29, 0.717) is 25.8 Å². The van der Waals surface area contributed by atoms with Crippen molar-refractivity contribution in [2.45, 2.75) is 0 Å². The average molecular weight is 410 g/mol. The van der Waals surface area contributed by atoms with Crippen molar-refractivity contribution in [1.82, 2.24) is 4.98 Å². The Hall–Kier alpha value is -1.85. The zero-order valence-electron chi connectivity index (χ0n) is 12.7. The van der Waals surface area contributed by atoms with Gasteiger partial charge in [-0.2, -0.15) is 0 Å². The molecule has 0 aliphatic heterocycles. The molecule has 3 aromatic rings. The van der Waals surface area contributed by atoms with Crippen molar-refractivity contribution >= 4 is 63.3 Å². The molecule has 1 heterocycles. The number of amides is 1. The molecular formula is C18H11Cl3N2OS. The van der Waals surface area contributed by atoms with E-state index in [2.05, 4.69) is 10.3 Å². The number of aromatic nitrogens is 1. The fourth-order valence-electron chi connectivity index (χ4n) is 2.03. The molecule has 0 aliphatic carbocycles. The van der Waals surface area contributed by atoms with Gasteiger partial charge in [0, 0.05) is 32.1 Å². The first-order valence-corrected chi connectivity index (χ1v) is 9.18. The van der Waals surface area contributed by atoms with Crippen molar-refractivity contribution in [3.8, 4) is 11.3 Å². The van der Waals surface area contributed by atoms with E-state index in [0.717, 1.165) is 11.3 Å². The van der Waals surface area contributed by atoms with Crippen LogP contribution in [-0.4, -0.2) is 10.9 Å². The van der Waals surface area contributed by atoms with E-state index in [-0.39, 0.29) is 5.91 Å². The number of carbonyl (C=O) groups is 1. The molecule has 3 nitrogen and oxygen atoms in total. The second kappa shape index (κ2) is 8.02. The zero-order valence-corrected chi connectivity index (χ0v) is 15.8. The number of thiazole rings is 1. The Balaban J connectivity index is 1.67. The predicted octanol–water partition coefficient (Wildman–Crippen LogP) is 6.42. The maximum absolute atomic E-state index is 12.0. The molecule has 2 aromatic carbocycles. The van der Waals surface area contributed by atoms with Crippen LogP contribution in [0.1, 0.15) is 5.56 Å². The van der Waals surface area contributed by atoms with Gasteiger partial charge in [0.05, 0.1) is 5.69 Å². The van der Waals surface area contributed by atoms with Crippen molar-refractivity contribution in [2.75, 3.05) is 5.32 Å². The van der Waals surface area contributed by atoms with Gasteiger partial charge in [-0.05, 0) is 35.9 Å². The third kappa shape index (κ3) is 4.83. The molecule has 0 saturated heterocycles. The zero-order chi connectivity index (χ0) is 17.8. The van der Waals surface area contributed by atoms with Crippen LogP contribution in [0.2, 0.25) is 15.1 Å². The first-order chi connectivity index (χ1) is 12.0. The molecule has 1 N–H and O–H groups in total. The molecule has 0 saturated carbocycles. The minimum Gasteiger partial charge on any atom is -0.298 e. The Labute approximate surface area is 163 Å². The van der Waals surface area contributed by atoms with Crippen molar-refractivity contribution in [3.05, 3.63) is 74.6 Å². The van der Waals surface area contributed by atoms with Gasteiger partial charge in [0.2, 0.25) is 5.91 Å². The molecule has 25 heavy (non-hydrogen) atoms. The Bertz CT molecular complexity index is 936. The lowest BCUT2D eigenvalue weighted by Gasteiger charge is -1.99. The van der Waals surface area contributed by atoms with Crippen LogP contribution in [0, 0.1) is 0 Å². The van der Waals surface area contributed by atoms with Crippen LogP contribution in [-0.2, 0) is 4.79 Å². The molecule has 1 amide bonds. The average Bonchev–Trinajstić information content (AvgIpc) is 3.03. The summed E-state index contributed by atoms with van der Waals surface area (Å²) < 4.78 is 0. The maximum Gasteiger partial charge on any atom is 0.250 e. The highest BCUT2D eigenvalue weighted by Gasteiger charge is 2.07. The fraction of sp³-hybridized carbons (Fsp3) is 0. The lowest BCUT2D eigenvalue weighted by Crippen LogP contribution is -2.07. The lowest BCUT2D eigenvalue weighted by atomic mass is 10.2. The molecule has 0 unspecified atom stereocenters. The number of benzene rings is 2. The highest BCUT2D eigenvalue weighted by atomic mass is 35.5. The number of anilines is 1. The number of nitrogens with one attached hydrogen (secondary N) is 1. The summed E-state index contributed by atoms with van der Waals surface area (Å²) >= 11 is 19.1. The van der Waals surface area contributed by atoms with E-state index in [1.165, 1.54) is 17.4 Å². The van der Waals surface area contributed by atoms with Gasteiger partial charge in [-0.15, -0.1) is 11.3 Å². The summed E-state index contributed by atoms with van der Waals surface area (Å²) in [4.78, 5) is 16.4. The molecule has 126 valence electrons. The number of hydrogen-bond acceptors (Lipinski definition) is 3. The third-order valence-corrected chi connectivity index (χ3v) is 4.82. The van der Waals surface area contributed by atoms with Gasteiger partial charge in [-0.3, -0.25) is 10.1 Å². The SMILES string of the molecule is O=C(C=Cc1ccc(Cl)cc1Cl)Nc1nc(-c2ccc(Cl)cc2)cs1. The molecule has 0 aliphatic rings. The number of halogens is 3. The highest BCUT2D eigenvalue weighted by molar-refractivity contribution is 7.14. The first-order valence-electron chi connectivity index (χ1n) is 7.17. The summed E-state index contributed by atoms with van der Waals surface area (Å²) in [6.45, 7) is 0. The summed E-state index contributed by atoms with van der Waals surface area (Å²) in [5.74, 6) is -0.289. The topological polar surface area (TPSA) is 42.0 Å². The summed E-state index contributed by atoms with van der Waals surface area (Å²) in [5.41, 5.74) is 2.42. The number of carbonyl (C=O) groups excluding carboxylic acids is 1. The normalized spacial score (nSPS) is 11.0. The number of hydrogen-bond donors (Lipinski definition) is 1. The van der Waals surface area contributed by atoms with E-state index in [1.54, 1.807) is 36.4 Å². The Morgan fingerprint density at radius 2 is 1.76 bits per heavy atom. The van der Waals surface area contributed by atoms with E-state index < -0.39 is 0 Å². The van der Waals surface area contributed by atoms with Gasteiger partial charge >= 0.3 is 0 Å². The highest BCUT2D eigenvalue weighted by Crippen LogP contribution is 2.26. The van der Waals surface area contributed by atoms with E-state index in [1.807, 2.05) is 17.5 Å². The molecule has 7 heteroatoms. The summed E-state index contributed by atoms with van der Waals surface area (Å²) in [7, 11) is 0. The minimum absolute atomic E-state index is 0.289. The minimum atomic E-state index is -0.289. The maximum atomic E-state index is 12.0. The van der Waals surface area contributed by atoms with Gasteiger partial charge < -0.3 is 0 Å². The number of rotatable bonds is 4. The lowest BCUT2D eigenvalue weighted by molar-refractivity contribution is -0.111. The van der Waals surface area contributed by atoms with Crippen molar-refractivity contribution in [1.29, 1.82) is 0 Å². The van der Waals surface area contributed by atoms with Gasteiger partial charge in [0.1, 0.15) is 0 Å². The van der Waals surface area contributed by atoms with Gasteiger partial charge in [0.15, 0.2) is 5.13 Å². The Morgan fingerprint density at radius 3 is 2.48 bits per heavy atom. The van der Waals surface area contributed by atoms with E-state index in [9.17, 15) is 4.79 Å². The molecule has 0 radical (unpaired) electrons. The molecule has 0 atom stereocenters.